The van der Waals surface area contributed by atoms with Gasteiger partial charge in [-0.1, -0.05) is 0 Å². The van der Waals surface area contributed by atoms with Crippen LogP contribution in [0.3, 0.4) is 0 Å². The maximum atomic E-state index is 8.93. The minimum absolute atomic E-state index is 0.335. The molecule has 3 aromatic heterocycles. The van der Waals surface area contributed by atoms with E-state index in [1.54, 1.807) is 6.33 Å². The fourth-order valence-corrected chi connectivity index (χ4v) is 4.74. The summed E-state index contributed by atoms with van der Waals surface area (Å²) in [6.07, 6.45) is 8.67. The molecule has 3 aromatic rings. The number of H-pyrrole nitrogens is 1. The Bertz CT molecular complexity index is 1030. The maximum absolute atomic E-state index is 8.93. The van der Waals surface area contributed by atoms with Gasteiger partial charge < -0.3 is 10.6 Å². The number of aromatic nitrogens is 6. The van der Waals surface area contributed by atoms with Gasteiger partial charge in [-0.05, 0) is 32.6 Å². The standard InChI is InChI=1S/C19H24N10/c1-12-7-16(26-25-12)23-17-10-28-11-21-27-19(28)18(24-17)22-13-8-14-3-4-15(9-13)29(14)6-2-5-20/h7,10-11,13-15H,2-4,6,8-9H2,1H3,(H,22,24)(H2,23,25,26). The van der Waals surface area contributed by atoms with Crippen molar-refractivity contribution < 1.29 is 0 Å². The van der Waals surface area contributed by atoms with Crippen molar-refractivity contribution in [2.75, 3.05) is 17.2 Å². The van der Waals surface area contributed by atoms with Crippen molar-refractivity contribution in [1.29, 1.82) is 5.26 Å². The molecule has 5 heterocycles. The van der Waals surface area contributed by atoms with Crippen LogP contribution in [0.4, 0.5) is 17.5 Å². The number of nitrogens with zero attached hydrogens (tertiary/aromatic N) is 7. The second-order valence-electron chi connectivity index (χ2n) is 7.94. The highest BCUT2D eigenvalue weighted by Crippen LogP contribution is 2.37. The summed E-state index contributed by atoms with van der Waals surface area (Å²) in [6.45, 7) is 2.84. The van der Waals surface area contributed by atoms with Gasteiger partial charge in [-0.15, -0.1) is 10.2 Å². The molecule has 10 nitrogen and oxygen atoms in total. The Hall–Kier alpha value is -3.19. The topological polar surface area (TPSA) is 123 Å². The molecule has 0 aromatic carbocycles. The summed E-state index contributed by atoms with van der Waals surface area (Å²) in [5.41, 5.74) is 1.70. The van der Waals surface area contributed by atoms with E-state index in [1.165, 1.54) is 12.8 Å². The van der Waals surface area contributed by atoms with Gasteiger partial charge in [0, 0.05) is 42.9 Å². The fourth-order valence-electron chi connectivity index (χ4n) is 4.74. The Kier molecular flexibility index (Phi) is 4.52. The highest BCUT2D eigenvalue weighted by molar-refractivity contribution is 5.66. The van der Waals surface area contributed by atoms with E-state index >= 15 is 0 Å². The largest absolute Gasteiger partial charge is 0.364 e. The van der Waals surface area contributed by atoms with Crippen LogP contribution in [0.1, 0.15) is 37.8 Å². The normalized spacial score (nSPS) is 23.9. The minimum atomic E-state index is 0.335. The van der Waals surface area contributed by atoms with Gasteiger partial charge in [0.2, 0.25) is 5.65 Å². The number of rotatable bonds is 6. The minimum Gasteiger partial charge on any atom is -0.364 e. The van der Waals surface area contributed by atoms with Gasteiger partial charge >= 0.3 is 0 Å². The van der Waals surface area contributed by atoms with Gasteiger partial charge in [0.1, 0.15) is 6.33 Å². The quantitative estimate of drug-likeness (QED) is 0.583. The summed E-state index contributed by atoms with van der Waals surface area (Å²) in [5.74, 6) is 2.13. The molecule has 2 aliphatic rings. The molecule has 0 aliphatic carbocycles. The third-order valence-electron chi connectivity index (χ3n) is 5.95. The molecule has 10 heteroatoms. The van der Waals surface area contributed by atoms with Crippen molar-refractivity contribution in [1.82, 2.24) is 34.7 Å². The van der Waals surface area contributed by atoms with Crippen molar-refractivity contribution >= 4 is 23.1 Å². The summed E-state index contributed by atoms with van der Waals surface area (Å²) in [4.78, 5) is 7.28. The molecule has 0 radical (unpaired) electrons. The molecule has 29 heavy (non-hydrogen) atoms. The molecule has 2 aliphatic heterocycles. The van der Waals surface area contributed by atoms with Gasteiger partial charge in [-0.3, -0.25) is 14.4 Å². The number of nitriles is 1. The van der Waals surface area contributed by atoms with Crippen LogP contribution in [0.15, 0.2) is 18.6 Å². The molecule has 0 amide bonds. The summed E-state index contributed by atoms with van der Waals surface area (Å²) >= 11 is 0. The average Bonchev–Trinajstić information content (AvgIpc) is 3.39. The van der Waals surface area contributed by atoms with E-state index in [-0.39, 0.29) is 0 Å². The van der Waals surface area contributed by atoms with Crippen LogP contribution < -0.4 is 10.6 Å². The van der Waals surface area contributed by atoms with Crippen LogP contribution in [-0.4, -0.2) is 59.3 Å². The van der Waals surface area contributed by atoms with Gasteiger partial charge in [0.05, 0.1) is 12.3 Å². The van der Waals surface area contributed by atoms with Crippen molar-refractivity contribution in [2.24, 2.45) is 0 Å². The zero-order valence-corrected chi connectivity index (χ0v) is 16.3. The molecule has 2 atom stereocenters. The summed E-state index contributed by atoms with van der Waals surface area (Å²) < 4.78 is 1.87. The van der Waals surface area contributed by atoms with Crippen LogP contribution in [0, 0.1) is 18.3 Å². The highest BCUT2D eigenvalue weighted by Gasteiger charge is 2.40. The lowest BCUT2D eigenvalue weighted by Crippen LogP contribution is -2.47. The SMILES string of the molecule is Cc1cc(Nc2cn3cnnc3c(NC3CC4CCC(C3)N4CCC#N)n2)n[nH]1. The lowest BCUT2D eigenvalue weighted by molar-refractivity contribution is 0.136. The van der Waals surface area contributed by atoms with Crippen LogP contribution >= 0.6 is 0 Å². The third-order valence-corrected chi connectivity index (χ3v) is 5.95. The van der Waals surface area contributed by atoms with Gasteiger partial charge in [0.25, 0.3) is 0 Å². The second-order valence-corrected chi connectivity index (χ2v) is 7.94. The molecule has 0 spiro atoms. The fraction of sp³-hybridized carbons (Fsp3) is 0.526. The Morgan fingerprint density at radius 1 is 1.28 bits per heavy atom. The first-order chi connectivity index (χ1) is 14.2. The van der Waals surface area contributed by atoms with Crippen molar-refractivity contribution in [2.45, 2.75) is 57.2 Å². The molecule has 2 fully saturated rings. The van der Waals surface area contributed by atoms with Crippen molar-refractivity contribution in [3.8, 4) is 6.07 Å². The first-order valence-corrected chi connectivity index (χ1v) is 10.1. The van der Waals surface area contributed by atoms with E-state index in [2.05, 4.69) is 42.0 Å². The monoisotopic (exact) mass is 392 g/mol. The lowest BCUT2D eigenvalue weighted by Gasteiger charge is -2.39. The molecule has 2 unspecified atom stereocenters. The first-order valence-electron chi connectivity index (χ1n) is 10.1. The number of anilines is 3. The van der Waals surface area contributed by atoms with Gasteiger partial charge in [-0.2, -0.15) is 10.4 Å². The Morgan fingerprint density at radius 3 is 2.83 bits per heavy atom. The van der Waals surface area contributed by atoms with Gasteiger partial charge in [0.15, 0.2) is 17.5 Å². The molecule has 0 saturated carbocycles. The Balaban J connectivity index is 1.35. The molecule has 3 N–H and O–H groups in total. The molecule has 5 rings (SSSR count). The zero-order chi connectivity index (χ0) is 19.8. The number of fused-ring (bicyclic) bond motifs is 3. The first kappa shape index (κ1) is 17.9. The molecule has 2 saturated heterocycles. The number of nitrogens with one attached hydrogen (secondary N) is 3. The Labute approximate surface area is 168 Å². The van der Waals surface area contributed by atoms with E-state index in [9.17, 15) is 0 Å². The third kappa shape index (κ3) is 3.49. The maximum Gasteiger partial charge on any atom is 0.203 e. The van der Waals surface area contributed by atoms with Crippen LogP contribution in [-0.2, 0) is 0 Å². The highest BCUT2D eigenvalue weighted by atomic mass is 15.3. The van der Waals surface area contributed by atoms with E-state index in [4.69, 9.17) is 10.2 Å². The number of aryl methyl sites for hydroxylation is 1. The average molecular weight is 392 g/mol. The molecule has 2 bridgehead atoms. The number of aromatic amines is 1. The second kappa shape index (κ2) is 7.33. The van der Waals surface area contributed by atoms with E-state index < -0.39 is 0 Å². The van der Waals surface area contributed by atoms with Crippen LogP contribution in [0.2, 0.25) is 0 Å². The summed E-state index contributed by atoms with van der Waals surface area (Å²) in [7, 11) is 0. The van der Waals surface area contributed by atoms with Crippen molar-refractivity contribution in [3.63, 3.8) is 0 Å². The number of hydrogen-bond donors (Lipinski definition) is 3. The predicted molar refractivity (Wildman–Crippen MR) is 108 cm³/mol. The summed E-state index contributed by atoms with van der Waals surface area (Å²) in [6, 6.07) is 5.63. The number of piperidine rings is 1. The predicted octanol–water partition coefficient (Wildman–Crippen LogP) is 2.22. The van der Waals surface area contributed by atoms with Gasteiger partial charge in [-0.25, -0.2) is 4.98 Å². The molecule has 150 valence electrons. The number of hydrogen-bond acceptors (Lipinski definition) is 8. The van der Waals surface area contributed by atoms with E-state index in [0.717, 1.165) is 36.7 Å². The summed E-state index contributed by atoms with van der Waals surface area (Å²) in [5, 5.41) is 31.2. The van der Waals surface area contributed by atoms with Crippen LogP contribution in [0.5, 0.6) is 0 Å². The van der Waals surface area contributed by atoms with Crippen molar-refractivity contribution in [3.05, 3.63) is 24.3 Å². The molecular weight excluding hydrogens is 368 g/mol. The smallest absolute Gasteiger partial charge is 0.203 e. The van der Waals surface area contributed by atoms with E-state index in [0.29, 0.717) is 36.0 Å². The molecular formula is C19H24N10. The van der Waals surface area contributed by atoms with Crippen LogP contribution in [0.25, 0.3) is 5.65 Å². The Morgan fingerprint density at radius 2 is 2.10 bits per heavy atom. The lowest BCUT2D eigenvalue weighted by atomic mass is 9.97. The zero-order valence-electron chi connectivity index (χ0n) is 16.3. The van der Waals surface area contributed by atoms with E-state index in [1.807, 2.05) is 23.6 Å².